The second-order valence-electron chi connectivity index (χ2n) is 5.62. The number of nitrogens with zero attached hydrogens (tertiary/aromatic N) is 2. The maximum atomic E-state index is 12.8. The Kier molecular flexibility index (Phi) is 5.48. The highest BCUT2D eigenvalue weighted by atomic mass is 35.5. The van der Waals surface area contributed by atoms with Crippen LogP contribution in [-0.4, -0.2) is 43.4 Å². The van der Waals surface area contributed by atoms with E-state index in [-0.39, 0.29) is 24.7 Å². The highest BCUT2D eigenvalue weighted by Gasteiger charge is 2.41. The van der Waals surface area contributed by atoms with E-state index in [0.29, 0.717) is 16.4 Å². The Labute approximate surface area is 151 Å². The largest absolute Gasteiger partial charge is 0.480 e. The van der Waals surface area contributed by atoms with Crippen LogP contribution in [0.2, 0.25) is 10.0 Å². The summed E-state index contributed by atoms with van der Waals surface area (Å²) in [7, 11) is -4.30. The molecular weight excluding hydrogens is 408 g/mol. The fourth-order valence-electron chi connectivity index (χ4n) is 2.49. The number of carboxylic acid groups (broad SMARTS) is 1. The molecule has 1 aliphatic heterocycles. The molecule has 1 aromatic carbocycles. The molecule has 12 heteroatoms. The number of anilines is 1. The van der Waals surface area contributed by atoms with E-state index in [9.17, 15) is 26.4 Å². The Bertz CT molecular complexity index is 778. The number of halogens is 5. The normalized spacial score (nSPS) is 21.4. The van der Waals surface area contributed by atoms with Crippen LogP contribution in [0.15, 0.2) is 12.1 Å². The van der Waals surface area contributed by atoms with E-state index >= 15 is 0 Å². The second kappa shape index (κ2) is 6.82. The molecule has 1 fully saturated rings. The van der Waals surface area contributed by atoms with Gasteiger partial charge in [0.25, 0.3) is 0 Å². The molecule has 1 aliphatic rings. The number of carboxylic acids is 1. The van der Waals surface area contributed by atoms with Crippen LogP contribution in [0.5, 0.6) is 0 Å². The highest BCUT2D eigenvalue weighted by Crippen LogP contribution is 2.42. The molecule has 1 N–H and O–H groups in total. The Hall–Kier alpha value is -1.23. The summed E-state index contributed by atoms with van der Waals surface area (Å²) in [4.78, 5) is 10.9. The van der Waals surface area contributed by atoms with E-state index in [2.05, 4.69) is 0 Å². The molecule has 2 rings (SSSR count). The van der Waals surface area contributed by atoms with Gasteiger partial charge in [-0.2, -0.15) is 25.9 Å². The number of alkyl halides is 3. The number of hydrogen-bond donors (Lipinski definition) is 1. The van der Waals surface area contributed by atoms with Crippen molar-refractivity contribution in [1.82, 2.24) is 4.31 Å². The molecule has 1 saturated heterocycles. The van der Waals surface area contributed by atoms with Gasteiger partial charge in [-0.05, 0) is 18.1 Å². The molecule has 0 radical (unpaired) electrons. The van der Waals surface area contributed by atoms with Gasteiger partial charge in [-0.3, -0.25) is 9.10 Å². The zero-order valence-electron chi connectivity index (χ0n) is 12.7. The van der Waals surface area contributed by atoms with Crippen molar-refractivity contribution < 1.29 is 31.5 Å². The topological polar surface area (TPSA) is 77.9 Å². The first kappa shape index (κ1) is 20.1. The molecule has 1 aromatic rings. The van der Waals surface area contributed by atoms with Gasteiger partial charge in [0.05, 0.1) is 21.3 Å². The molecule has 0 unspecified atom stereocenters. The molecule has 25 heavy (non-hydrogen) atoms. The lowest BCUT2D eigenvalue weighted by molar-refractivity contribution is -0.138. The monoisotopic (exact) mass is 420 g/mol. The van der Waals surface area contributed by atoms with Gasteiger partial charge in [0.1, 0.15) is 6.54 Å². The van der Waals surface area contributed by atoms with Crippen molar-refractivity contribution in [2.24, 2.45) is 5.92 Å². The van der Waals surface area contributed by atoms with E-state index in [1.165, 1.54) is 0 Å². The molecule has 1 heterocycles. The standard InChI is InChI=1S/C13H13Cl2F3N2O4S/c1-7-4-19(6-11(21)22)25(23,24)20(5-7)12-9(14)2-8(3-10(12)15)13(16,17)18/h2-3,7H,4-6H2,1H3,(H,21,22)/t7-/m0/s1. The number of rotatable bonds is 3. The van der Waals surface area contributed by atoms with Crippen LogP contribution in [0.1, 0.15) is 12.5 Å². The first-order valence-electron chi connectivity index (χ1n) is 6.90. The number of benzene rings is 1. The molecule has 6 nitrogen and oxygen atoms in total. The Morgan fingerprint density at radius 2 is 1.80 bits per heavy atom. The first-order chi connectivity index (χ1) is 11.3. The minimum Gasteiger partial charge on any atom is -0.480 e. The van der Waals surface area contributed by atoms with Crippen molar-refractivity contribution in [3.63, 3.8) is 0 Å². The quantitative estimate of drug-likeness (QED) is 0.814. The SMILES string of the molecule is C[C@H]1CN(CC(=O)O)S(=O)(=O)N(c2c(Cl)cc(C(F)(F)F)cc2Cl)C1. The predicted molar refractivity (Wildman–Crippen MR) is 86.1 cm³/mol. The summed E-state index contributed by atoms with van der Waals surface area (Å²) in [6.45, 7) is 0.756. The average molecular weight is 421 g/mol. The van der Waals surface area contributed by atoms with E-state index in [0.717, 1.165) is 4.31 Å². The summed E-state index contributed by atoms with van der Waals surface area (Å²) < 4.78 is 65.2. The van der Waals surface area contributed by atoms with Gasteiger partial charge in [-0.1, -0.05) is 30.1 Å². The molecule has 0 saturated carbocycles. The smallest absolute Gasteiger partial charge is 0.416 e. The van der Waals surface area contributed by atoms with E-state index in [1.807, 2.05) is 0 Å². The molecule has 1 atom stereocenters. The zero-order chi connectivity index (χ0) is 19.2. The molecule has 0 amide bonds. The van der Waals surface area contributed by atoms with Crippen LogP contribution in [0, 0.1) is 5.92 Å². The van der Waals surface area contributed by atoms with Gasteiger partial charge in [0.2, 0.25) is 0 Å². The molecule has 0 aromatic heterocycles. The fourth-order valence-corrected chi connectivity index (χ4v) is 5.14. The van der Waals surface area contributed by atoms with Crippen molar-refractivity contribution in [2.45, 2.75) is 13.1 Å². The zero-order valence-corrected chi connectivity index (χ0v) is 15.0. The first-order valence-corrected chi connectivity index (χ1v) is 9.05. The van der Waals surface area contributed by atoms with Gasteiger partial charge in [-0.25, -0.2) is 0 Å². The maximum Gasteiger partial charge on any atom is 0.416 e. The Morgan fingerprint density at radius 3 is 2.24 bits per heavy atom. The van der Waals surface area contributed by atoms with Gasteiger partial charge in [0.15, 0.2) is 0 Å². The Morgan fingerprint density at radius 1 is 1.28 bits per heavy atom. The van der Waals surface area contributed by atoms with Crippen LogP contribution in [0.4, 0.5) is 18.9 Å². The van der Waals surface area contributed by atoms with Crippen LogP contribution in [0.25, 0.3) is 0 Å². The van der Waals surface area contributed by atoms with Gasteiger partial charge >= 0.3 is 22.4 Å². The van der Waals surface area contributed by atoms with Crippen LogP contribution in [-0.2, 0) is 21.2 Å². The van der Waals surface area contributed by atoms with Gasteiger partial charge in [-0.15, -0.1) is 0 Å². The number of hydrogen-bond acceptors (Lipinski definition) is 3. The van der Waals surface area contributed by atoms with Crippen molar-refractivity contribution in [3.05, 3.63) is 27.7 Å². The maximum absolute atomic E-state index is 12.8. The van der Waals surface area contributed by atoms with Crippen LogP contribution in [0.3, 0.4) is 0 Å². The summed E-state index contributed by atoms with van der Waals surface area (Å²) >= 11 is 11.8. The summed E-state index contributed by atoms with van der Waals surface area (Å²) in [6.07, 6.45) is -4.70. The summed E-state index contributed by atoms with van der Waals surface area (Å²) in [5.74, 6) is -1.65. The van der Waals surface area contributed by atoms with Crippen LogP contribution >= 0.6 is 23.2 Å². The van der Waals surface area contributed by atoms with Crippen LogP contribution < -0.4 is 4.31 Å². The number of carbonyl (C=O) groups is 1. The third-order valence-corrected chi connectivity index (χ3v) is 5.90. The second-order valence-corrected chi connectivity index (χ2v) is 8.28. The fraction of sp³-hybridized carbons (Fsp3) is 0.462. The van der Waals surface area contributed by atoms with E-state index in [4.69, 9.17) is 28.3 Å². The van der Waals surface area contributed by atoms with Crippen molar-refractivity contribution in [2.75, 3.05) is 23.9 Å². The van der Waals surface area contributed by atoms with Crippen molar-refractivity contribution >= 4 is 45.1 Å². The van der Waals surface area contributed by atoms with Gasteiger partial charge < -0.3 is 5.11 Å². The molecule has 0 bridgehead atoms. The van der Waals surface area contributed by atoms with E-state index in [1.54, 1.807) is 6.92 Å². The van der Waals surface area contributed by atoms with Crippen molar-refractivity contribution in [3.8, 4) is 0 Å². The highest BCUT2D eigenvalue weighted by molar-refractivity contribution is 7.90. The average Bonchev–Trinajstić information content (AvgIpc) is 2.41. The van der Waals surface area contributed by atoms with Crippen molar-refractivity contribution in [1.29, 1.82) is 0 Å². The number of aliphatic carboxylic acids is 1. The summed E-state index contributed by atoms with van der Waals surface area (Å²) in [5.41, 5.74) is -1.42. The lowest BCUT2D eigenvalue weighted by Gasteiger charge is -2.39. The van der Waals surface area contributed by atoms with E-state index < -0.39 is 44.5 Å². The third kappa shape index (κ3) is 4.13. The van der Waals surface area contributed by atoms with Gasteiger partial charge in [0, 0.05) is 13.1 Å². The lowest BCUT2D eigenvalue weighted by atomic mass is 10.1. The summed E-state index contributed by atoms with van der Waals surface area (Å²) in [5, 5.41) is 7.89. The minimum atomic E-state index is -4.70. The predicted octanol–water partition coefficient (Wildman–Crippen LogP) is 3.10. The minimum absolute atomic E-state index is 0.0407. The Balaban J connectivity index is 2.54. The molecule has 0 aliphatic carbocycles. The molecular formula is C13H13Cl2F3N2O4S. The molecule has 0 spiro atoms. The molecule has 140 valence electrons. The lowest BCUT2D eigenvalue weighted by Crippen LogP contribution is -2.54. The third-order valence-electron chi connectivity index (χ3n) is 3.50. The summed E-state index contributed by atoms with van der Waals surface area (Å²) in [6, 6.07) is 1.16.